The first-order chi connectivity index (χ1) is 13.0. The summed E-state index contributed by atoms with van der Waals surface area (Å²) in [6.45, 7) is 0. The average molecular weight is 766 g/mol. The third-order valence-corrected chi connectivity index (χ3v) is 5.04. The number of fused-ring (bicyclic) bond motifs is 1. The van der Waals surface area contributed by atoms with Crippen LogP contribution in [0.4, 0.5) is 87.8 Å². The zero-order valence-corrected chi connectivity index (χ0v) is 17.0. The maximum Gasteiger partial charge on any atom is 0.432 e. The number of rotatable bonds is 0. The molecule has 2 aliphatic rings. The van der Waals surface area contributed by atoms with Crippen LogP contribution in [0.25, 0.3) is 0 Å². The van der Waals surface area contributed by atoms with Crippen LogP contribution in [-0.2, 0) is 37.6 Å². The Hall–Kier alpha value is -0.218. The molecule has 0 aromatic heterocycles. The Balaban J connectivity index is 0.00000512. The molecule has 0 saturated heterocycles. The van der Waals surface area contributed by atoms with Crippen molar-refractivity contribution in [3.63, 3.8) is 0 Å². The molecule has 0 aromatic rings. The molecule has 2 aliphatic carbocycles. The summed E-state index contributed by atoms with van der Waals surface area (Å²) in [4.78, 5) is 0. The van der Waals surface area contributed by atoms with Gasteiger partial charge in [0.1, 0.15) is 0 Å². The Morgan fingerprint density at radius 1 is 0.333 bits per heavy atom. The monoisotopic (exact) mass is 765 g/mol. The van der Waals surface area contributed by atoms with Crippen LogP contribution in [0.15, 0.2) is 0 Å². The van der Waals surface area contributed by atoms with Crippen molar-refractivity contribution in [3.8, 4) is 0 Å². The molecule has 0 heterocycles. The Bertz CT molecular complexity index is 792. The Labute approximate surface area is 190 Å². The van der Waals surface area contributed by atoms with Crippen LogP contribution in [0, 0.1) is 0 Å². The predicted octanol–water partition coefficient (Wildman–Crippen LogP) is 6.14. The van der Waals surface area contributed by atoms with Gasteiger partial charge in [-0.25, -0.2) is 13.2 Å². The van der Waals surface area contributed by atoms with Crippen LogP contribution in [0.1, 0.15) is 0 Å². The van der Waals surface area contributed by atoms with Crippen molar-refractivity contribution in [1.29, 1.82) is 0 Å². The second-order valence-corrected chi connectivity index (χ2v) is 6.49. The maximum atomic E-state index is 14.6. The van der Waals surface area contributed by atoms with Gasteiger partial charge in [0.2, 0.25) is 0 Å². The fraction of sp³-hybridized carbons (Fsp3) is 1.00. The standard InChI is InChI=1S/C11F20.Ni.Pt/c12-1-2(13,6(19,20)10(27,28)9(25,26)4(1,15)16)5(17,18)8(23,24)7(21,22)3(1,14)11(29,30)31;;. The van der Waals surface area contributed by atoms with E-state index in [1.54, 1.807) is 0 Å². The number of alkyl halides is 20. The van der Waals surface area contributed by atoms with Crippen molar-refractivity contribution in [2.45, 2.75) is 64.6 Å². The largest absolute Gasteiger partial charge is 0.432 e. The van der Waals surface area contributed by atoms with E-state index in [0.717, 1.165) is 0 Å². The van der Waals surface area contributed by atoms with Gasteiger partial charge in [0.25, 0.3) is 11.3 Å². The van der Waals surface area contributed by atoms with E-state index in [1.165, 1.54) is 0 Å². The summed E-state index contributed by atoms with van der Waals surface area (Å²) < 4.78 is 270. The summed E-state index contributed by atoms with van der Waals surface area (Å²) in [5.41, 5.74) is -27.2. The fourth-order valence-corrected chi connectivity index (χ4v) is 3.35. The van der Waals surface area contributed by atoms with Gasteiger partial charge in [-0.1, -0.05) is 0 Å². The number of hydrogen-bond acceptors (Lipinski definition) is 0. The Morgan fingerprint density at radius 2 is 0.545 bits per heavy atom. The quantitative estimate of drug-likeness (QED) is 0.206. The summed E-state index contributed by atoms with van der Waals surface area (Å²) in [5, 5.41) is 0. The Morgan fingerprint density at radius 3 is 0.788 bits per heavy atom. The van der Waals surface area contributed by atoms with Crippen LogP contribution in [0.2, 0.25) is 0 Å². The molecule has 0 spiro atoms. The van der Waals surface area contributed by atoms with E-state index >= 15 is 0 Å². The first kappa shape index (κ1) is 32.8. The first-order valence-electron chi connectivity index (χ1n) is 6.78. The smallest absolute Gasteiger partial charge is 0.228 e. The molecule has 0 nitrogen and oxygen atoms in total. The van der Waals surface area contributed by atoms with E-state index in [2.05, 4.69) is 0 Å². The van der Waals surface area contributed by atoms with Gasteiger partial charge in [-0.15, -0.1) is 0 Å². The molecule has 3 atom stereocenters. The third-order valence-electron chi connectivity index (χ3n) is 5.04. The van der Waals surface area contributed by atoms with E-state index in [-0.39, 0.29) is 37.6 Å². The van der Waals surface area contributed by atoms with E-state index < -0.39 is 64.6 Å². The normalized spacial score (nSPS) is 41.1. The summed E-state index contributed by atoms with van der Waals surface area (Å²) in [6, 6.07) is 0. The second-order valence-electron chi connectivity index (χ2n) is 6.49. The Kier molecular flexibility index (Phi) is 6.91. The zero-order valence-electron chi connectivity index (χ0n) is 13.7. The summed E-state index contributed by atoms with van der Waals surface area (Å²) in [7, 11) is 0. The first-order valence-corrected chi connectivity index (χ1v) is 6.78. The van der Waals surface area contributed by atoms with Crippen molar-refractivity contribution in [2.24, 2.45) is 0 Å². The second kappa shape index (κ2) is 6.96. The van der Waals surface area contributed by atoms with Crippen molar-refractivity contribution in [3.05, 3.63) is 0 Å². The average Bonchev–Trinajstić information content (AvgIpc) is 2.54. The molecule has 204 valence electrons. The van der Waals surface area contributed by atoms with Crippen molar-refractivity contribution >= 4 is 0 Å². The molecular weight excluding hydrogens is 766 g/mol. The summed E-state index contributed by atoms with van der Waals surface area (Å²) in [5.74, 6) is -60.7. The van der Waals surface area contributed by atoms with E-state index in [1.807, 2.05) is 0 Å². The van der Waals surface area contributed by atoms with Crippen LogP contribution >= 0.6 is 0 Å². The van der Waals surface area contributed by atoms with Crippen LogP contribution < -0.4 is 0 Å². The maximum absolute atomic E-state index is 14.6. The minimum atomic E-state index is -9.16. The van der Waals surface area contributed by atoms with Gasteiger partial charge in [0, 0.05) is 37.6 Å². The molecule has 33 heavy (non-hydrogen) atoms. The number of hydrogen-bond donors (Lipinski definition) is 0. The van der Waals surface area contributed by atoms with Gasteiger partial charge >= 0.3 is 53.3 Å². The molecule has 0 amide bonds. The van der Waals surface area contributed by atoms with Gasteiger partial charge in [-0.2, -0.15) is 74.6 Å². The minimum Gasteiger partial charge on any atom is -0.228 e. The topological polar surface area (TPSA) is 0 Å². The van der Waals surface area contributed by atoms with Gasteiger partial charge in [-0.3, -0.25) is 0 Å². The van der Waals surface area contributed by atoms with Gasteiger partial charge in [0.05, 0.1) is 0 Å². The SMILES string of the molecule is FC(F)(F)C1(F)C(F)(F)C(F)(F)C(F)(F)C2(F)C(F)(F)C(F)(F)C(F)(F)C(F)(F)C12F.[Ni].[Pt]. The molecule has 0 bridgehead atoms. The summed E-state index contributed by atoms with van der Waals surface area (Å²) in [6.07, 6.45) is -8.58. The molecule has 0 radical (unpaired) electrons. The third kappa shape index (κ3) is 2.43. The predicted molar refractivity (Wildman–Crippen MR) is 52.2 cm³/mol. The minimum absolute atomic E-state index is 0. The molecule has 2 rings (SSSR count). The fourth-order valence-electron chi connectivity index (χ4n) is 3.35. The van der Waals surface area contributed by atoms with Crippen LogP contribution in [0.3, 0.4) is 0 Å². The molecule has 2 saturated carbocycles. The molecule has 2 fully saturated rings. The molecule has 0 aliphatic heterocycles. The van der Waals surface area contributed by atoms with Crippen molar-refractivity contribution in [2.75, 3.05) is 0 Å². The number of halogens is 20. The van der Waals surface area contributed by atoms with Crippen molar-refractivity contribution < 1.29 is 125 Å². The van der Waals surface area contributed by atoms with Gasteiger partial charge < -0.3 is 0 Å². The van der Waals surface area contributed by atoms with Crippen LogP contribution in [-0.4, -0.2) is 64.6 Å². The molecule has 0 aromatic carbocycles. The molecule has 0 N–H and O–H groups in total. The molecule has 22 heteroatoms. The molecule has 3 unspecified atom stereocenters. The van der Waals surface area contributed by atoms with Crippen molar-refractivity contribution in [1.82, 2.24) is 0 Å². The van der Waals surface area contributed by atoms with E-state index in [4.69, 9.17) is 0 Å². The van der Waals surface area contributed by atoms with Crippen LogP contribution in [0.5, 0.6) is 0 Å². The zero-order chi connectivity index (χ0) is 25.5. The summed E-state index contributed by atoms with van der Waals surface area (Å²) >= 11 is 0. The van der Waals surface area contributed by atoms with E-state index in [0.29, 0.717) is 0 Å². The molecular formula is C11F20NiPt. The van der Waals surface area contributed by atoms with Gasteiger partial charge in [-0.05, 0) is 0 Å². The van der Waals surface area contributed by atoms with E-state index in [9.17, 15) is 87.8 Å². The van der Waals surface area contributed by atoms with Gasteiger partial charge in [0.15, 0.2) is 0 Å².